The number of anilines is 1. The van der Waals surface area contributed by atoms with Crippen molar-refractivity contribution in [1.82, 2.24) is 9.88 Å². The second kappa shape index (κ2) is 11.7. The van der Waals surface area contributed by atoms with Gasteiger partial charge < -0.3 is 4.90 Å². The van der Waals surface area contributed by atoms with Gasteiger partial charge in [-0.15, -0.1) is 12.4 Å². The third-order valence-electron chi connectivity index (χ3n) is 5.06. The van der Waals surface area contributed by atoms with Crippen molar-refractivity contribution in [1.29, 1.82) is 0 Å². The SMILES string of the molecule is Cc1ccc(S(=O)(=O)CCCC(=O)N(CCN(C)C)c2nc3ccc([N+](=O)[O-])cc3s2)cc1.Cl. The number of hydrogen-bond acceptors (Lipinski definition) is 8. The van der Waals surface area contributed by atoms with Crippen LogP contribution in [0.2, 0.25) is 0 Å². The number of halogens is 1. The summed E-state index contributed by atoms with van der Waals surface area (Å²) in [6.45, 7) is 2.85. The van der Waals surface area contributed by atoms with Crippen molar-refractivity contribution >= 4 is 60.5 Å². The molecule has 3 aromatic rings. The fourth-order valence-corrected chi connectivity index (χ4v) is 5.52. The number of non-ortho nitro benzene ring substituents is 1. The standard InChI is InChI=1S/C22H26N4O5S2.ClH/c1-16-6-9-18(10-7-16)33(30,31)14-4-5-21(27)25(13-12-24(2)3)22-23-19-11-8-17(26(28)29)15-20(19)32-22;/h6-11,15H,4-5,12-14H2,1-3H3;1H. The summed E-state index contributed by atoms with van der Waals surface area (Å²) < 4.78 is 25.8. The van der Waals surface area contributed by atoms with E-state index in [9.17, 15) is 23.3 Å². The van der Waals surface area contributed by atoms with E-state index in [1.807, 2.05) is 25.9 Å². The second-order valence-electron chi connectivity index (χ2n) is 7.99. The molecular weight excluding hydrogens is 500 g/mol. The summed E-state index contributed by atoms with van der Waals surface area (Å²) in [7, 11) is 0.297. The lowest BCUT2D eigenvalue weighted by Gasteiger charge is -2.22. The van der Waals surface area contributed by atoms with Crippen LogP contribution in [0.4, 0.5) is 10.8 Å². The first-order valence-electron chi connectivity index (χ1n) is 10.4. The zero-order valence-electron chi connectivity index (χ0n) is 19.1. The predicted molar refractivity (Wildman–Crippen MR) is 137 cm³/mol. The Balaban J connectivity index is 0.00000408. The molecule has 0 unspecified atom stereocenters. The molecule has 1 heterocycles. The molecule has 3 rings (SSSR count). The maximum Gasteiger partial charge on any atom is 0.270 e. The van der Waals surface area contributed by atoms with Gasteiger partial charge in [-0.1, -0.05) is 29.0 Å². The van der Waals surface area contributed by atoms with Crippen LogP contribution in [0.3, 0.4) is 0 Å². The van der Waals surface area contributed by atoms with Gasteiger partial charge in [0.25, 0.3) is 5.69 Å². The fourth-order valence-electron chi connectivity index (χ4n) is 3.17. The Labute approximate surface area is 208 Å². The van der Waals surface area contributed by atoms with E-state index in [4.69, 9.17) is 0 Å². The normalized spacial score (nSPS) is 11.4. The number of nitro groups is 1. The number of likely N-dealkylation sites (N-methyl/N-ethyl adjacent to an activating group) is 1. The summed E-state index contributed by atoms with van der Waals surface area (Å²) in [6, 6.07) is 11.0. The van der Waals surface area contributed by atoms with Gasteiger partial charge in [0.05, 0.1) is 25.8 Å². The van der Waals surface area contributed by atoms with E-state index in [1.54, 1.807) is 30.3 Å². The lowest BCUT2D eigenvalue weighted by Crippen LogP contribution is -2.36. The van der Waals surface area contributed by atoms with Crippen LogP contribution in [0.5, 0.6) is 0 Å². The quantitative estimate of drug-likeness (QED) is 0.289. The Kier molecular flexibility index (Phi) is 9.51. The highest BCUT2D eigenvalue weighted by molar-refractivity contribution is 7.91. The van der Waals surface area contributed by atoms with Crippen LogP contribution in [0.1, 0.15) is 18.4 Å². The van der Waals surface area contributed by atoms with E-state index in [2.05, 4.69) is 4.98 Å². The molecule has 0 atom stereocenters. The largest absolute Gasteiger partial charge is 0.308 e. The van der Waals surface area contributed by atoms with Gasteiger partial charge in [0.2, 0.25) is 5.91 Å². The van der Waals surface area contributed by atoms with Gasteiger partial charge in [0, 0.05) is 31.6 Å². The molecule has 2 aromatic carbocycles. The molecule has 0 N–H and O–H groups in total. The molecule has 0 aliphatic heterocycles. The number of amides is 1. The number of carbonyl (C=O) groups excluding carboxylic acids is 1. The molecule has 1 amide bonds. The molecule has 0 fully saturated rings. The number of aromatic nitrogens is 1. The Morgan fingerprint density at radius 1 is 1.12 bits per heavy atom. The van der Waals surface area contributed by atoms with E-state index >= 15 is 0 Å². The number of sulfone groups is 1. The number of rotatable bonds is 10. The maximum atomic E-state index is 13.0. The third kappa shape index (κ3) is 6.95. The summed E-state index contributed by atoms with van der Waals surface area (Å²) in [4.78, 5) is 31.8. The molecule has 184 valence electrons. The molecule has 0 radical (unpaired) electrons. The monoisotopic (exact) mass is 526 g/mol. The number of benzene rings is 2. The predicted octanol–water partition coefficient (Wildman–Crippen LogP) is 4.08. The Morgan fingerprint density at radius 2 is 1.79 bits per heavy atom. The highest BCUT2D eigenvalue weighted by Crippen LogP contribution is 2.32. The molecule has 0 saturated carbocycles. The number of aryl methyl sites for hydroxylation is 1. The lowest BCUT2D eigenvalue weighted by molar-refractivity contribution is -0.384. The molecule has 9 nitrogen and oxygen atoms in total. The topological polar surface area (TPSA) is 114 Å². The number of carbonyl (C=O) groups is 1. The summed E-state index contributed by atoms with van der Waals surface area (Å²) in [6.07, 6.45) is 0.235. The zero-order chi connectivity index (χ0) is 24.2. The van der Waals surface area contributed by atoms with E-state index in [0.29, 0.717) is 28.4 Å². The van der Waals surface area contributed by atoms with Crippen LogP contribution in [-0.2, 0) is 14.6 Å². The number of hydrogen-bond donors (Lipinski definition) is 0. The van der Waals surface area contributed by atoms with Crippen molar-refractivity contribution < 1.29 is 18.1 Å². The summed E-state index contributed by atoms with van der Waals surface area (Å²) in [5, 5.41) is 11.5. The summed E-state index contributed by atoms with van der Waals surface area (Å²) in [5.74, 6) is -0.362. The lowest BCUT2D eigenvalue weighted by atomic mass is 10.2. The van der Waals surface area contributed by atoms with Gasteiger partial charge in [-0.2, -0.15) is 0 Å². The van der Waals surface area contributed by atoms with Crippen molar-refractivity contribution in [3.05, 3.63) is 58.1 Å². The van der Waals surface area contributed by atoms with Crippen LogP contribution in [-0.4, -0.2) is 62.1 Å². The Morgan fingerprint density at radius 3 is 2.41 bits per heavy atom. The first kappa shape index (κ1) is 27.6. The Hall–Kier alpha value is -2.60. The number of nitro benzene ring substituents is 1. The van der Waals surface area contributed by atoms with Gasteiger partial charge in [-0.05, 0) is 45.6 Å². The molecule has 0 saturated heterocycles. The minimum atomic E-state index is -3.48. The minimum absolute atomic E-state index is 0. The highest BCUT2D eigenvalue weighted by atomic mass is 35.5. The number of fused-ring (bicyclic) bond motifs is 1. The van der Waals surface area contributed by atoms with Crippen molar-refractivity contribution in [3.63, 3.8) is 0 Å². The first-order valence-corrected chi connectivity index (χ1v) is 12.8. The molecule has 0 aliphatic carbocycles. The minimum Gasteiger partial charge on any atom is -0.308 e. The van der Waals surface area contributed by atoms with Crippen LogP contribution >= 0.6 is 23.7 Å². The van der Waals surface area contributed by atoms with Crippen LogP contribution in [0.15, 0.2) is 47.4 Å². The van der Waals surface area contributed by atoms with Gasteiger partial charge >= 0.3 is 0 Å². The molecular formula is C22H27ClN4O5S2. The second-order valence-corrected chi connectivity index (χ2v) is 11.1. The van der Waals surface area contributed by atoms with E-state index in [-0.39, 0.29) is 47.5 Å². The van der Waals surface area contributed by atoms with Gasteiger partial charge in [0.1, 0.15) is 0 Å². The molecule has 0 aliphatic rings. The number of nitrogens with zero attached hydrogens (tertiary/aromatic N) is 4. The van der Waals surface area contributed by atoms with Crippen LogP contribution < -0.4 is 4.90 Å². The maximum absolute atomic E-state index is 13.0. The van der Waals surface area contributed by atoms with E-state index in [0.717, 1.165) is 5.56 Å². The van der Waals surface area contributed by atoms with Gasteiger partial charge in [0.15, 0.2) is 15.0 Å². The average molecular weight is 527 g/mol. The Bertz CT molecular complexity index is 1260. The molecule has 1 aromatic heterocycles. The summed E-state index contributed by atoms with van der Waals surface area (Å²) in [5.41, 5.74) is 1.51. The smallest absolute Gasteiger partial charge is 0.270 e. The van der Waals surface area contributed by atoms with Crippen molar-refractivity contribution in [2.45, 2.75) is 24.7 Å². The third-order valence-corrected chi connectivity index (χ3v) is 7.92. The van der Waals surface area contributed by atoms with Crippen molar-refractivity contribution in [2.24, 2.45) is 0 Å². The summed E-state index contributed by atoms with van der Waals surface area (Å²) >= 11 is 1.21. The van der Waals surface area contributed by atoms with Crippen molar-refractivity contribution in [2.75, 3.05) is 37.8 Å². The molecule has 0 bridgehead atoms. The average Bonchev–Trinajstić information content (AvgIpc) is 3.16. The molecule has 0 spiro atoms. The van der Waals surface area contributed by atoms with Crippen LogP contribution in [0, 0.1) is 17.0 Å². The molecule has 12 heteroatoms. The first-order chi connectivity index (χ1) is 15.6. The van der Waals surface area contributed by atoms with E-state index in [1.165, 1.54) is 28.4 Å². The van der Waals surface area contributed by atoms with Gasteiger partial charge in [-0.25, -0.2) is 13.4 Å². The van der Waals surface area contributed by atoms with Gasteiger partial charge in [-0.3, -0.25) is 19.8 Å². The highest BCUT2D eigenvalue weighted by Gasteiger charge is 2.22. The van der Waals surface area contributed by atoms with E-state index < -0.39 is 14.8 Å². The zero-order valence-corrected chi connectivity index (χ0v) is 21.6. The van der Waals surface area contributed by atoms with Crippen LogP contribution in [0.25, 0.3) is 10.2 Å². The molecule has 34 heavy (non-hydrogen) atoms. The fraction of sp³-hybridized carbons (Fsp3) is 0.364. The number of thiazole rings is 1. The van der Waals surface area contributed by atoms with Crippen molar-refractivity contribution in [3.8, 4) is 0 Å².